The Kier molecular flexibility index (Phi) is 4.63. The molecular formula is C19H25N3O3. The summed E-state index contributed by atoms with van der Waals surface area (Å²) in [5.41, 5.74) is 4.60. The molecule has 25 heavy (non-hydrogen) atoms. The van der Waals surface area contributed by atoms with Crippen LogP contribution in [0, 0.1) is 0 Å². The summed E-state index contributed by atoms with van der Waals surface area (Å²) in [5, 5.41) is 1.94. The van der Waals surface area contributed by atoms with Crippen molar-refractivity contribution in [3.63, 3.8) is 0 Å². The van der Waals surface area contributed by atoms with Gasteiger partial charge < -0.3 is 19.4 Å². The van der Waals surface area contributed by atoms with Crippen molar-refractivity contribution in [2.45, 2.75) is 44.4 Å². The molecule has 2 saturated heterocycles. The SMILES string of the molecule is CCOc1ccc(C2CC3C(=O)N(CC4CCCO4)C=CN3N2)cc1. The third-order valence-corrected chi connectivity index (χ3v) is 5.09. The van der Waals surface area contributed by atoms with Crippen LogP contribution in [0.5, 0.6) is 5.75 Å². The summed E-state index contributed by atoms with van der Waals surface area (Å²) in [6.07, 6.45) is 6.91. The maximum atomic E-state index is 12.8. The van der Waals surface area contributed by atoms with Crippen molar-refractivity contribution in [1.82, 2.24) is 15.3 Å². The van der Waals surface area contributed by atoms with Gasteiger partial charge >= 0.3 is 0 Å². The van der Waals surface area contributed by atoms with E-state index in [1.54, 1.807) is 0 Å². The molecule has 0 saturated carbocycles. The van der Waals surface area contributed by atoms with E-state index in [0.29, 0.717) is 13.2 Å². The summed E-state index contributed by atoms with van der Waals surface area (Å²) in [4.78, 5) is 14.6. The lowest BCUT2D eigenvalue weighted by Crippen LogP contribution is -2.49. The number of nitrogens with one attached hydrogen (secondary N) is 1. The van der Waals surface area contributed by atoms with Gasteiger partial charge in [0.25, 0.3) is 5.91 Å². The topological polar surface area (TPSA) is 54.0 Å². The van der Waals surface area contributed by atoms with Gasteiger partial charge in [-0.25, -0.2) is 5.43 Å². The molecule has 1 aromatic carbocycles. The lowest BCUT2D eigenvalue weighted by Gasteiger charge is -2.32. The molecule has 1 aromatic rings. The van der Waals surface area contributed by atoms with Gasteiger partial charge in [-0.2, -0.15) is 0 Å². The van der Waals surface area contributed by atoms with Crippen molar-refractivity contribution in [2.24, 2.45) is 0 Å². The first-order chi connectivity index (χ1) is 12.2. The quantitative estimate of drug-likeness (QED) is 0.888. The predicted molar refractivity (Wildman–Crippen MR) is 93.6 cm³/mol. The number of nitrogens with zero attached hydrogens (tertiary/aromatic N) is 2. The average Bonchev–Trinajstić information content (AvgIpc) is 3.28. The summed E-state index contributed by atoms with van der Waals surface area (Å²) >= 11 is 0. The first kappa shape index (κ1) is 16.4. The normalized spacial score (nSPS) is 28.5. The van der Waals surface area contributed by atoms with Crippen LogP contribution in [0.25, 0.3) is 0 Å². The van der Waals surface area contributed by atoms with E-state index in [1.165, 1.54) is 5.56 Å². The van der Waals surface area contributed by atoms with E-state index >= 15 is 0 Å². The molecule has 2 fully saturated rings. The molecule has 3 heterocycles. The molecule has 6 heteroatoms. The van der Waals surface area contributed by atoms with E-state index in [9.17, 15) is 4.79 Å². The second-order valence-corrected chi connectivity index (χ2v) is 6.77. The molecule has 3 aliphatic heterocycles. The molecule has 3 atom stereocenters. The van der Waals surface area contributed by atoms with Crippen LogP contribution in [0.4, 0.5) is 0 Å². The van der Waals surface area contributed by atoms with E-state index < -0.39 is 0 Å². The summed E-state index contributed by atoms with van der Waals surface area (Å²) in [6, 6.07) is 8.09. The van der Waals surface area contributed by atoms with Crippen LogP contribution in [0.2, 0.25) is 0 Å². The van der Waals surface area contributed by atoms with Gasteiger partial charge in [0.15, 0.2) is 0 Å². The molecule has 1 N–H and O–H groups in total. The number of hydrogen-bond donors (Lipinski definition) is 1. The highest BCUT2D eigenvalue weighted by Gasteiger charge is 2.40. The smallest absolute Gasteiger partial charge is 0.251 e. The zero-order chi connectivity index (χ0) is 17.2. The third kappa shape index (κ3) is 3.37. The van der Waals surface area contributed by atoms with Crippen LogP contribution in [-0.2, 0) is 9.53 Å². The molecule has 3 unspecified atom stereocenters. The van der Waals surface area contributed by atoms with Crippen LogP contribution in [0.3, 0.4) is 0 Å². The Morgan fingerprint density at radius 3 is 2.84 bits per heavy atom. The third-order valence-electron chi connectivity index (χ3n) is 5.09. The minimum absolute atomic E-state index is 0.136. The zero-order valence-corrected chi connectivity index (χ0v) is 14.6. The van der Waals surface area contributed by atoms with Gasteiger partial charge in [-0.05, 0) is 43.9 Å². The number of rotatable bonds is 5. The number of carbonyl (C=O) groups is 1. The number of hydrazine groups is 1. The van der Waals surface area contributed by atoms with Crippen molar-refractivity contribution in [2.75, 3.05) is 19.8 Å². The Bertz CT molecular complexity index is 640. The lowest BCUT2D eigenvalue weighted by atomic mass is 10.0. The van der Waals surface area contributed by atoms with Gasteiger partial charge in [0.1, 0.15) is 11.8 Å². The second-order valence-electron chi connectivity index (χ2n) is 6.77. The minimum Gasteiger partial charge on any atom is -0.494 e. The molecule has 0 aromatic heterocycles. The van der Waals surface area contributed by atoms with E-state index in [0.717, 1.165) is 31.6 Å². The van der Waals surface area contributed by atoms with E-state index in [1.807, 2.05) is 41.4 Å². The van der Waals surface area contributed by atoms with Gasteiger partial charge in [-0.1, -0.05) is 12.1 Å². The lowest BCUT2D eigenvalue weighted by molar-refractivity contribution is -0.135. The van der Waals surface area contributed by atoms with E-state index in [2.05, 4.69) is 17.6 Å². The second kappa shape index (κ2) is 7.06. The largest absolute Gasteiger partial charge is 0.494 e. The molecule has 6 nitrogen and oxygen atoms in total. The maximum absolute atomic E-state index is 12.8. The highest BCUT2D eigenvalue weighted by molar-refractivity contribution is 5.84. The number of ether oxygens (including phenoxy) is 2. The average molecular weight is 343 g/mol. The van der Waals surface area contributed by atoms with Crippen LogP contribution in [0.15, 0.2) is 36.7 Å². The van der Waals surface area contributed by atoms with Gasteiger partial charge in [-0.15, -0.1) is 0 Å². The summed E-state index contributed by atoms with van der Waals surface area (Å²) in [5.74, 6) is 1.03. The maximum Gasteiger partial charge on any atom is 0.251 e. The zero-order valence-electron chi connectivity index (χ0n) is 14.6. The van der Waals surface area contributed by atoms with Crippen molar-refractivity contribution < 1.29 is 14.3 Å². The van der Waals surface area contributed by atoms with E-state index in [-0.39, 0.29) is 24.1 Å². The Morgan fingerprint density at radius 1 is 1.28 bits per heavy atom. The van der Waals surface area contributed by atoms with Gasteiger partial charge in [0.05, 0.1) is 25.3 Å². The molecule has 0 aliphatic carbocycles. The van der Waals surface area contributed by atoms with Crippen molar-refractivity contribution in [3.05, 3.63) is 42.2 Å². The standard InChI is InChI=1S/C19H25N3O3/c1-2-24-15-7-5-14(6-8-15)17-12-18-19(23)21(9-10-22(18)20-17)13-16-4-3-11-25-16/h5-10,16-18,20H,2-4,11-13H2,1H3. The monoisotopic (exact) mass is 343 g/mol. The van der Waals surface area contributed by atoms with Crippen molar-refractivity contribution >= 4 is 5.91 Å². The minimum atomic E-state index is -0.150. The molecule has 0 bridgehead atoms. The van der Waals surface area contributed by atoms with Crippen molar-refractivity contribution in [1.29, 1.82) is 0 Å². The van der Waals surface area contributed by atoms with Gasteiger partial charge in [-0.3, -0.25) is 4.79 Å². The highest BCUT2D eigenvalue weighted by Crippen LogP contribution is 2.32. The summed E-state index contributed by atoms with van der Waals surface area (Å²) in [6.45, 7) is 4.11. The number of fused-ring (bicyclic) bond motifs is 1. The fourth-order valence-electron chi connectivity index (χ4n) is 3.78. The number of hydrogen-bond acceptors (Lipinski definition) is 5. The van der Waals surface area contributed by atoms with Crippen LogP contribution < -0.4 is 10.2 Å². The summed E-state index contributed by atoms with van der Waals surface area (Å²) < 4.78 is 11.2. The molecule has 3 aliphatic rings. The molecular weight excluding hydrogens is 318 g/mol. The molecule has 1 amide bonds. The van der Waals surface area contributed by atoms with Gasteiger partial charge in [0.2, 0.25) is 0 Å². The summed E-state index contributed by atoms with van der Waals surface area (Å²) in [7, 11) is 0. The molecule has 0 spiro atoms. The number of amides is 1. The van der Waals surface area contributed by atoms with Crippen LogP contribution in [-0.4, -0.2) is 47.7 Å². The fourth-order valence-corrected chi connectivity index (χ4v) is 3.78. The number of carbonyl (C=O) groups excluding carboxylic acids is 1. The van der Waals surface area contributed by atoms with Crippen LogP contribution >= 0.6 is 0 Å². The van der Waals surface area contributed by atoms with Gasteiger partial charge in [0, 0.05) is 19.0 Å². The fraction of sp³-hybridized carbons (Fsp3) is 0.526. The first-order valence-corrected chi connectivity index (χ1v) is 9.12. The Hall–Kier alpha value is -2.05. The number of benzene rings is 1. The highest BCUT2D eigenvalue weighted by atomic mass is 16.5. The van der Waals surface area contributed by atoms with E-state index in [4.69, 9.17) is 9.47 Å². The Labute approximate surface area is 148 Å². The Balaban J connectivity index is 1.41. The first-order valence-electron chi connectivity index (χ1n) is 9.12. The predicted octanol–water partition coefficient (Wildman–Crippen LogP) is 2.20. The molecule has 0 radical (unpaired) electrons. The molecule has 134 valence electrons. The Morgan fingerprint density at radius 2 is 2.12 bits per heavy atom. The van der Waals surface area contributed by atoms with Crippen LogP contribution in [0.1, 0.15) is 37.8 Å². The van der Waals surface area contributed by atoms with Crippen molar-refractivity contribution in [3.8, 4) is 5.75 Å². The molecule has 4 rings (SSSR count).